The molecule has 0 radical (unpaired) electrons. The minimum atomic E-state index is 0.0704. The number of carbonyl (C=O) groups is 1. The van der Waals surface area contributed by atoms with Crippen LogP contribution in [0.25, 0.3) is 5.69 Å². The zero-order valence-corrected chi connectivity index (χ0v) is 11.7. The van der Waals surface area contributed by atoms with E-state index in [0.717, 1.165) is 30.8 Å². The Morgan fingerprint density at radius 1 is 1.25 bits per heavy atom. The molecule has 5 nitrogen and oxygen atoms in total. The van der Waals surface area contributed by atoms with Gasteiger partial charge in [-0.3, -0.25) is 9.36 Å². The van der Waals surface area contributed by atoms with Gasteiger partial charge in [0.15, 0.2) is 5.82 Å². The molecule has 2 rings (SSSR count). The van der Waals surface area contributed by atoms with E-state index in [1.807, 2.05) is 34.9 Å². The highest BCUT2D eigenvalue weighted by Crippen LogP contribution is 2.08. The molecule has 0 aliphatic carbocycles. The molecule has 0 aliphatic rings. The van der Waals surface area contributed by atoms with Crippen molar-refractivity contribution < 1.29 is 4.79 Å². The van der Waals surface area contributed by atoms with Crippen LogP contribution < -0.4 is 5.32 Å². The second kappa shape index (κ2) is 7.43. The summed E-state index contributed by atoms with van der Waals surface area (Å²) in [6.45, 7) is 2.53. The van der Waals surface area contributed by atoms with Gasteiger partial charge in [0.25, 0.3) is 0 Å². The number of hydrogen-bond donors (Lipinski definition) is 1. The molecule has 1 N–H and O–H groups in total. The summed E-state index contributed by atoms with van der Waals surface area (Å²) in [5.41, 5.74) is 0.993. The minimum absolute atomic E-state index is 0.0704. The Bertz CT molecular complexity index is 536. The molecular formula is C15H20N4O. The van der Waals surface area contributed by atoms with E-state index in [2.05, 4.69) is 22.4 Å². The van der Waals surface area contributed by atoms with Crippen molar-refractivity contribution in [1.82, 2.24) is 20.1 Å². The second-order valence-electron chi connectivity index (χ2n) is 4.69. The molecule has 0 fully saturated rings. The summed E-state index contributed by atoms with van der Waals surface area (Å²) in [6.07, 6.45) is 5.39. The zero-order valence-electron chi connectivity index (χ0n) is 11.7. The van der Waals surface area contributed by atoms with E-state index in [4.69, 9.17) is 0 Å². The number of unbranched alkanes of at least 4 members (excludes halogenated alkanes) is 2. The largest absolute Gasteiger partial charge is 0.349 e. The monoisotopic (exact) mass is 272 g/mol. The number of amides is 1. The molecule has 0 saturated carbocycles. The first-order chi connectivity index (χ1) is 9.81. The third kappa shape index (κ3) is 3.91. The van der Waals surface area contributed by atoms with E-state index < -0.39 is 0 Å². The van der Waals surface area contributed by atoms with Gasteiger partial charge in [0.05, 0.1) is 6.54 Å². The molecule has 106 valence electrons. The van der Waals surface area contributed by atoms with Crippen LogP contribution in [0, 0.1) is 0 Å². The van der Waals surface area contributed by atoms with E-state index in [1.54, 1.807) is 6.33 Å². The topological polar surface area (TPSA) is 59.8 Å². The number of rotatable bonds is 7. The van der Waals surface area contributed by atoms with Crippen LogP contribution in [0.2, 0.25) is 0 Å². The van der Waals surface area contributed by atoms with Gasteiger partial charge in [-0.2, -0.15) is 0 Å². The maximum absolute atomic E-state index is 11.7. The lowest BCUT2D eigenvalue weighted by atomic mass is 10.2. The third-order valence-electron chi connectivity index (χ3n) is 3.10. The van der Waals surface area contributed by atoms with E-state index in [9.17, 15) is 4.79 Å². The van der Waals surface area contributed by atoms with Crippen LogP contribution in [-0.4, -0.2) is 20.7 Å². The summed E-state index contributed by atoms with van der Waals surface area (Å²) in [5, 5.41) is 10.9. The molecule has 1 heterocycles. The molecule has 0 bridgehead atoms. The molecule has 20 heavy (non-hydrogen) atoms. The highest BCUT2D eigenvalue weighted by molar-refractivity contribution is 5.75. The first-order valence-electron chi connectivity index (χ1n) is 7.02. The van der Waals surface area contributed by atoms with Crippen LogP contribution in [0.5, 0.6) is 0 Å². The van der Waals surface area contributed by atoms with Gasteiger partial charge in [-0.05, 0) is 18.6 Å². The van der Waals surface area contributed by atoms with Crippen molar-refractivity contribution in [3.63, 3.8) is 0 Å². The summed E-state index contributed by atoms with van der Waals surface area (Å²) in [7, 11) is 0. The predicted molar refractivity (Wildman–Crippen MR) is 77.3 cm³/mol. The van der Waals surface area contributed by atoms with Crippen molar-refractivity contribution in [2.75, 3.05) is 0 Å². The van der Waals surface area contributed by atoms with Crippen molar-refractivity contribution in [3.8, 4) is 5.69 Å². The first kappa shape index (κ1) is 14.2. The summed E-state index contributed by atoms with van der Waals surface area (Å²) >= 11 is 0. The van der Waals surface area contributed by atoms with E-state index in [0.29, 0.717) is 13.0 Å². The maximum Gasteiger partial charge on any atom is 0.220 e. The lowest BCUT2D eigenvalue weighted by Crippen LogP contribution is -2.24. The van der Waals surface area contributed by atoms with Crippen LogP contribution >= 0.6 is 0 Å². The number of para-hydroxylation sites is 1. The van der Waals surface area contributed by atoms with Gasteiger partial charge in [0.2, 0.25) is 5.91 Å². The third-order valence-corrected chi connectivity index (χ3v) is 3.10. The molecule has 2 aromatic rings. The van der Waals surface area contributed by atoms with Gasteiger partial charge in [-0.15, -0.1) is 10.2 Å². The molecular weight excluding hydrogens is 252 g/mol. The van der Waals surface area contributed by atoms with E-state index in [-0.39, 0.29) is 5.91 Å². The van der Waals surface area contributed by atoms with Crippen molar-refractivity contribution in [2.24, 2.45) is 0 Å². The van der Waals surface area contributed by atoms with Gasteiger partial charge in [0, 0.05) is 12.1 Å². The van der Waals surface area contributed by atoms with Crippen molar-refractivity contribution in [2.45, 2.75) is 39.2 Å². The van der Waals surface area contributed by atoms with E-state index in [1.165, 1.54) is 0 Å². The fourth-order valence-corrected chi connectivity index (χ4v) is 1.99. The summed E-state index contributed by atoms with van der Waals surface area (Å²) in [6, 6.07) is 9.85. The van der Waals surface area contributed by atoms with Crippen molar-refractivity contribution in [1.29, 1.82) is 0 Å². The average molecular weight is 272 g/mol. The van der Waals surface area contributed by atoms with Gasteiger partial charge in [-0.1, -0.05) is 38.0 Å². The van der Waals surface area contributed by atoms with Gasteiger partial charge < -0.3 is 5.32 Å². The zero-order chi connectivity index (χ0) is 14.2. The normalized spacial score (nSPS) is 10.4. The Morgan fingerprint density at radius 3 is 2.80 bits per heavy atom. The summed E-state index contributed by atoms with van der Waals surface area (Å²) in [4.78, 5) is 11.7. The Hall–Kier alpha value is -2.17. The molecule has 0 atom stereocenters. The highest BCUT2D eigenvalue weighted by atomic mass is 16.1. The molecule has 5 heteroatoms. The smallest absolute Gasteiger partial charge is 0.220 e. The lowest BCUT2D eigenvalue weighted by molar-refractivity contribution is -0.121. The van der Waals surface area contributed by atoms with Crippen LogP contribution in [0.3, 0.4) is 0 Å². The molecule has 0 saturated heterocycles. The van der Waals surface area contributed by atoms with Gasteiger partial charge in [0.1, 0.15) is 6.33 Å². The van der Waals surface area contributed by atoms with Crippen LogP contribution in [0.1, 0.15) is 38.4 Å². The minimum Gasteiger partial charge on any atom is -0.349 e. The van der Waals surface area contributed by atoms with Crippen LogP contribution in [0.15, 0.2) is 36.7 Å². The molecule has 0 aliphatic heterocycles. The Labute approximate surface area is 119 Å². The average Bonchev–Trinajstić information content (AvgIpc) is 2.95. The summed E-state index contributed by atoms with van der Waals surface area (Å²) < 4.78 is 1.88. The fraction of sp³-hybridized carbons (Fsp3) is 0.400. The molecule has 1 aromatic carbocycles. The van der Waals surface area contributed by atoms with Gasteiger partial charge in [-0.25, -0.2) is 0 Å². The number of aromatic nitrogens is 3. The molecule has 1 aromatic heterocycles. The fourth-order valence-electron chi connectivity index (χ4n) is 1.99. The Morgan fingerprint density at radius 2 is 2.05 bits per heavy atom. The lowest BCUT2D eigenvalue weighted by Gasteiger charge is -2.07. The number of nitrogens with one attached hydrogen (secondary N) is 1. The number of carbonyl (C=O) groups excluding carboxylic acids is 1. The Kier molecular flexibility index (Phi) is 5.29. The highest BCUT2D eigenvalue weighted by Gasteiger charge is 2.07. The first-order valence-corrected chi connectivity index (χ1v) is 7.02. The molecule has 1 amide bonds. The molecule has 0 spiro atoms. The Balaban J connectivity index is 1.91. The quantitative estimate of drug-likeness (QED) is 0.788. The molecule has 0 unspecified atom stereocenters. The van der Waals surface area contributed by atoms with Crippen molar-refractivity contribution in [3.05, 3.63) is 42.5 Å². The number of hydrogen-bond acceptors (Lipinski definition) is 3. The standard InChI is InChI=1S/C15H20N4O/c1-2-3-5-10-15(20)16-11-14-18-17-12-19(14)13-8-6-4-7-9-13/h4,6-9,12H,2-3,5,10-11H2,1H3,(H,16,20). The van der Waals surface area contributed by atoms with Crippen LogP contribution in [-0.2, 0) is 11.3 Å². The maximum atomic E-state index is 11.7. The SMILES string of the molecule is CCCCCC(=O)NCc1nncn1-c1ccccc1. The predicted octanol–water partition coefficient (Wildman–Crippen LogP) is 2.46. The van der Waals surface area contributed by atoms with Crippen molar-refractivity contribution >= 4 is 5.91 Å². The van der Waals surface area contributed by atoms with Crippen LogP contribution in [0.4, 0.5) is 0 Å². The van der Waals surface area contributed by atoms with Gasteiger partial charge >= 0.3 is 0 Å². The van der Waals surface area contributed by atoms with E-state index >= 15 is 0 Å². The number of benzene rings is 1. The summed E-state index contributed by atoms with van der Waals surface area (Å²) in [5.74, 6) is 0.807. The number of nitrogens with zero attached hydrogens (tertiary/aromatic N) is 3. The second-order valence-corrected chi connectivity index (χ2v) is 4.69.